The molecular formula is C20H19O3P. The van der Waals surface area contributed by atoms with Crippen LogP contribution in [0, 0.1) is 13.8 Å². The zero-order valence-corrected chi connectivity index (χ0v) is 14.5. The molecule has 0 saturated heterocycles. The molecule has 0 aromatic heterocycles. The number of benzene rings is 3. The number of aryl methyl sites for hydroxylation is 2. The molecule has 24 heavy (non-hydrogen) atoms. The molecule has 122 valence electrons. The van der Waals surface area contributed by atoms with E-state index in [2.05, 4.69) is 0 Å². The van der Waals surface area contributed by atoms with Crippen molar-refractivity contribution in [1.29, 1.82) is 0 Å². The van der Waals surface area contributed by atoms with Crippen LogP contribution in [0.15, 0.2) is 66.7 Å². The van der Waals surface area contributed by atoms with Crippen LogP contribution in [0.1, 0.15) is 11.1 Å². The van der Waals surface area contributed by atoms with Gasteiger partial charge in [-0.3, -0.25) is 4.57 Å². The SMILES string of the molecule is Cc1ccccc1-c1cc(C)c(P(=O)(O)O)c(-c2ccccc2)c1. The van der Waals surface area contributed by atoms with Crippen LogP contribution >= 0.6 is 7.60 Å². The maximum atomic E-state index is 12.1. The molecule has 0 fully saturated rings. The molecule has 3 rings (SSSR count). The summed E-state index contributed by atoms with van der Waals surface area (Å²) >= 11 is 0. The molecule has 0 aliphatic heterocycles. The van der Waals surface area contributed by atoms with Crippen LogP contribution in [-0.4, -0.2) is 9.79 Å². The van der Waals surface area contributed by atoms with Gasteiger partial charge in [-0.15, -0.1) is 0 Å². The topological polar surface area (TPSA) is 57.5 Å². The van der Waals surface area contributed by atoms with Crippen molar-refractivity contribution < 1.29 is 14.4 Å². The first-order valence-corrected chi connectivity index (χ1v) is 9.31. The van der Waals surface area contributed by atoms with Gasteiger partial charge < -0.3 is 9.79 Å². The van der Waals surface area contributed by atoms with E-state index in [0.29, 0.717) is 11.1 Å². The van der Waals surface area contributed by atoms with E-state index in [0.717, 1.165) is 22.3 Å². The molecule has 3 aromatic rings. The summed E-state index contributed by atoms with van der Waals surface area (Å²) in [5, 5.41) is 0.103. The van der Waals surface area contributed by atoms with Crippen molar-refractivity contribution in [2.24, 2.45) is 0 Å². The van der Waals surface area contributed by atoms with Crippen molar-refractivity contribution in [2.45, 2.75) is 13.8 Å². The highest BCUT2D eigenvalue weighted by atomic mass is 31.2. The van der Waals surface area contributed by atoms with Crippen molar-refractivity contribution in [2.75, 3.05) is 0 Å². The summed E-state index contributed by atoms with van der Waals surface area (Å²) in [6.45, 7) is 3.78. The quantitative estimate of drug-likeness (QED) is 0.694. The van der Waals surface area contributed by atoms with Gasteiger partial charge in [-0.05, 0) is 53.3 Å². The molecule has 2 N–H and O–H groups in total. The van der Waals surface area contributed by atoms with Crippen LogP contribution in [0.4, 0.5) is 0 Å². The first kappa shape index (κ1) is 16.7. The molecule has 0 spiro atoms. The maximum Gasteiger partial charge on any atom is 0.357 e. The number of hydrogen-bond acceptors (Lipinski definition) is 1. The highest BCUT2D eigenvalue weighted by Crippen LogP contribution is 2.41. The predicted octanol–water partition coefficient (Wildman–Crippen LogP) is 4.44. The molecule has 3 nitrogen and oxygen atoms in total. The van der Waals surface area contributed by atoms with Gasteiger partial charge in [0.1, 0.15) is 0 Å². The van der Waals surface area contributed by atoms with E-state index in [4.69, 9.17) is 0 Å². The van der Waals surface area contributed by atoms with Crippen molar-refractivity contribution in [1.82, 2.24) is 0 Å². The fraction of sp³-hybridized carbons (Fsp3) is 0.100. The molecular weight excluding hydrogens is 319 g/mol. The minimum atomic E-state index is -4.38. The van der Waals surface area contributed by atoms with Gasteiger partial charge >= 0.3 is 7.60 Å². The second kappa shape index (κ2) is 6.37. The normalized spacial score (nSPS) is 11.5. The van der Waals surface area contributed by atoms with Crippen LogP contribution in [0.25, 0.3) is 22.3 Å². The molecule has 0 aliphatic carbocycles. The molecule has 0 saturated carbocycles. The minimum absolute atomic E-state index is 0.103. The standard InChI is InChI=1S/C20H19O3P/c1-14-8-6-7-11-18(14)17-12-15(2)20(24(21,22)23)19(13-17)16-9-4-3-5-10-16/h3-13H,1-2H3,(H2,21,22,23). The molecule has 3 aromatic carbocycles. The maximum absolute atomic E-state index is 12.1. The molecule has 0 heterocycles. The average molecular weight is 338 g/mol. The van der Waals surface area contributed by atoms with E-state index in [9.17, 15) is 14.4 Å². The van der Waals surface area contributed by atoms with Crippen LogP contribution in [0.2, 0.25) is 0 Å². The largest absolute Gasteiger partial charge is 0.357 e. The molecule has 0 amide bonds. The van der Waals surface area contributed by atoms with Gasteiger partial charge in [0, 0.05) is 0 Å². The highest BCUT2D eigenvalue weighted by Gasteiger charge is 2.25. The Morgan fingerprint density at radius 3 is 1.96 bits per heavy atom. The third-order valence-electron chi connectivity index (χ3n) is 4.13. The van der Waals surface area contributed by atoms with Gasteiger partial charge in [0.05, 0.1) is 5.30 Å². The van der Waals surface area contributed by atoms with Gasteiger partial charge in [0.15, 0.2) is 0 Å². The van der Waals surface area contributed by atoms with E-state index in [1.807, 2.05) is 73.7 Å². The fourth-order valence-electron chi connectivity index (χ4n) is 3.06. The first-order valence-electron chi connectivity index (χ1n) is 7.70. The lowest BCUT2D eigenvalue weighted by molar-refractivity contribution is 0.387. The molecule has 0 atom stereocenters. The van der Waals surface area contributed by atoms with E-state index >= 15 is 0 Å². The van der Waals surface area contributed by atoms with Crippen molar-refractivity contribution in [3.8, 4) is 22.3 Å². The van der Waals surface area contributed by atoms with E-state index in [-0.39, 0.29) is 5.30 Å². The summed E-state index contributed by atoms with van der Waals surface area (Å²) in [5.74, 6) is 0. The lowest BCUT2D eigenvalue weighted by Gasteiger charge is -2.17. The third kappa shape index (κ3) is 3.20. The summed E-state index contributed by atoms with van der Waals surface area (Å²) in [6, 6.07) is 21.1. The van der Waals surface area contributed by atoms with Gasteiger partial charge in [-0.2, -0.15) is 0 Å². The van der Waals surface area contributed by atoms with Crippen LogP contribution in [-0.2, 0) is 4.57 Å². The van der Waals surface area contributed by atoms with Crippen molar-refractivity contribution >= 4 is 12.9 Å². The zero-order chi connectivity index (χ0) is 17.3. The Bertz CT molecular complexity index is 927. The second-order valence-corrected chi connectivity index (χ2v) is 7.45. The number of hydrogen-bond donors (Lipinski definition) is 2. The minimum Gasteiger partial charge on any atom is -0.321 e. The van der Waals surface area contributed by atoms with E-state index in [1.165, 1.54) is 0 Å². The molecule has 0 bridgehead atoms. The fourth-order valence-corrected chi connectivity index (χ4v) is 4.09. The Morgan fingerprint density at radius 1 is 0.708 bits per heavy atom. The van der Waals surface area contributed by atoms with Crippen LogP contribution in [0.5, 0.6) is 0 Å². The Labute approximate surface area is 141 Å². The van der Waals surface area contributed by atoms with Crippen LogP contribution < -0.4 is 5.30 Å². The summed E-state index contributed by atoms with van der Waals surface area (Å²) in [4.78, 5) is 19.7. The summed E-state index contributed by atoms with van der Waals surface area (Å²) < 4.78 is 12.1. The van der Waals surface area contributed by atoms with Gasteiger partial charge in [-0.1, -0.05) is 60.7 Å². The zero-order valence-electron chi connectivity index (χ0n) is 13.6. The molecule has 4 heteroatoms. The van der Waals surface area contributed by atoms with E-state index < -0.39 is 7.60 Å². The van der Waals surface area contributed by atoms with E-state index in [1.54, 1.807) is 6.92 Å². The third-order valence-corrected chi connectivity index (χ3v) is 5.31. The Balaban J connectivity index is 2.33. The predicted molar refractivity (Wildman–Crippen MR) is 98.5 cm³/mol. The Kier molecular flexibility index (Phi) is 4.42. The summed E-state index contributed by atoms with van der Waals surface area (Å²) in [7, 11) is -4.38. The van der Waals surface area contributed by atoms with Gasteiger partial charge in [-0.25, -0.2) is 0 Å². The smallest absolute Gasteiger partial charge is 0.321 e. The van der Waals surface area contributed by atoms with Crippen LogP contribution in [0.3, 0.4) is 0 Å². The van der Waals surface area contributed by atoms with Crippen molar-refractivity contribution in [3.05, 3.63) is 77.9 Å². The molecule has 0 unspecified atom stereocenters. The summed E-state index contributed by atoms with van der Waals surface area (Å²) in [5.41, 5.74) is 5.14. The molecule has 0 radical (unpaired) electrons. The lowest BCUT2D eigenvalue weighted by atomic mass is 9.94. The Hall–Kier alpha value is -2.19. The highest BCUT2D eigenvalue weighted by molar-refractivity contribution is 7.60. The second-order valence-electron chi connectivity index (χ2n) is 5.91. The summed E-state index contributed by atoms with van der Waals surface area (Å²) in [6.07, 6.45) is 0. The first-order chi connectivity index (χ1) is 11.4. The average Bonchev–Trinajstić information content (AvgIpc) is 2.54. The Morgan fingerprint density at radius 2 is 1.33 bits per heavy atom. The van der Waals surface area contributed by atoms with Crippen molar-refractivity contribution in [3.63, 3.8) is 0 Å². The number of rotatable bonds is 3. The monoisotopic (exact) mass is 338 g/mol. The lowest BCUT2D eigenvalue weighted by Crippen LogP contribution is -2.12. The van der Waals surface area contributed by atoms with Gasteiger partial charge in [0.25, 0.3) is 0 Å². The van der Waals surface area contributed by atoms with Gasteiger partial charge in [0.2, 0.25) is 0 Å². The molecule has 0 aliphatic rings.